The molecule has 0 radical (unpaired) electrons. The monoisotopic (exact) mass is 421 g/mol. The third kappa shape index (κ3) is 4.31. The summed E-state index contributed by atoms with van der Waals surface area (Å²) < 4.78 is 15.7. The number of hydrogen-bond acceptors (Lipinski definition) is 5. The molecule has 0 aliphatic heterocycles. The predicted molar refractivity (Wildman–Crippen MR) is 114 cm³/mol. The standard InChI is InChI=1S/C22H20FN5OS/c23-18-10-4-5-11-19(18)28-12-6-9-17(28)13-16(14-24)20(29)25-22-27-26-21(30-22)15-7-2-1-3-8-15/h4-6,9-13,15H,1-3,7-8H2,(H,25,27,29)/b16-13-. The van der Waals surface area contributed by atoms with Gasteiger partial charge in [0.15, 0.2) is 0 Å². The van der Waals surface area contributed by atoms with E-state index in [1.165, 1.54) is 42.7 Å². The summed E-state index contributed by atoms with van der Waals surface area (Å²) in [7, 11) is 0. The molecule has 1 fully saturated rings. The third-order valence-corrected chi connectivity index (χ3v) is 6.17. The molecule has 152 valence electrons. The van der Waals surface area contributed by atoms with E-state index >= 15 is 0 Å². The average Bonchev–Trinajstić information content (AvgIpc) is 3.42. The van der Waals surface area contributed by atoms with Crippen molar-refractivity contribution in [3.63, 3.8) is 0 Å². The lowest BCUT2D eigenvalue weighted by molar-refractivity contribution is -0.112. The summed E-state index contributed by atoms with van der Waals surface area (Å²) in [6.45, 7) is 0. The lowest BCUT2D eigenvalue weighted by atomic mass is 9.90. The van der Waals surface area contributed by atoms with E-state index < -0.39 is 11.7 Å². The number of aromatic nitrogens is 3. The fourth-order valence-corrected chi connectivity index (χ4v) is 4.55. The number of carbonyl (C=O) groups excluding carboxylic acids is 1. The van der Waals surface area contributed by atoms with Gasteiger partial charge in [-0.05, 0) is 43.2 Å². The van der Waals surface area contributed by atoms with Crippen molar-refractivity contribution < 1.29 is 9.18 Å². The minimum atomic E-state index is -0.565. The van der Waals surface area contributed by atoms with Crippen LogP contribution in [-0.2, 0) is 4.79 Å². The summed E-state index contributed by atoms with van der Waals surface area (Å²) in [5.41, 5.74) is 0.764. The molecule has 1 amide bonds. The number of nitriles is 1. The van der Waals surface area contributed by atoms with E-state index in [1.54, 1.807) is 41.1 Å². The SMILES string of the molecule is N#C/C(=C/c1cccn1-c1ccccc1F)C(=O)Nc1nnc(C2CCCCC2)s1. The fourth-order valence-electron chi connectivity index (χ4n) is 3.64. The van der Waals surface area contributed by atoms with E-state index in [9.17, 15) is 14.4 Å². The number of nitrogens with one attached hydrogen (secondary N) is 1. The van der Waals surface area contributed by atoms with Crippen LogP contribution in [0.1, 0.15) is 48.7 Å². The van der Waals surface area contributed by atoms with Crippen molar-refractivity contribution in [3.05, 3.63) is 64.7 Å². The van der Waals surface area contributed by atoms with Gasteiger partial charge in [0, 0.05) is 17.8 Å². The Kier molecular flexibility index (Phi) is 6.00. The van der Waals surface area contributed by atoms with Crippen LogP contribution < -0.4 is 5.32 Å². The van der Waals surface area contributed by atoms with E-state index in [4.69, 9.17) is 0 Å². The van der Waals surface area contributed by atoms with E-state index in [0.29, 0.717) is 22.4 Å². The molecule has 8 heteroatoms. The highest BCUT2D eigenvalue weighted by atomic mass is 32.1. The minimum absolute atomic E-state index is 0.0966. The molecule has 2 heterocycles. The molecule has 1 aliphatic rings. The van der Waals surface area contributed by atoms with Crippen molar-refractivity contribution >= 4 is 28.5 Å². The number of halogens is 1. The zero-order valence-corrected chi connectivity index (χ0v) is 17.0. The average molecular weight is 422 g/mol. The van der Waals surface area contributed by atoms with E-state index in [1.807, 2.05) is 6.07 Å². The molecule has 2 aromatic heterocycles. The number of benzene rings is 1. The first-order valence-corrected chi connectivity index (χ1v) is 10.7. The fraction of sp³-hybridized carbons (Fsp3) is 0.273. The van der Waals surface area contributed by atoms with E-state index in [2.05, 4.69) is 15.5 Å². The normalized spacial score (nSPS) is 15.0. The first-order valence-electron chi connectivity index (χ1n) is 9.84. The van der Waals surface area contributed by atoms with Gasteiger partial charge < -0.3 is 4.57 Å². The Hall–Kier alpha value is -3.31. The molecule has 0 bridgehead atoms. The van der Waals surface area contributed by atoms with Gasteiger partial charge in [-0.1, -0.05) is 42.7 Å². The molecule has 30 heavy (non-hydrogen) atoms. The maximum atomic E-state index is 14.2. The summed E-state index contributed by atoms with van der Waals surface area (Å²) in [4.78, 5) is 12.6. The summed E-state index contributed by atoms with van der Waals surface area (Å²) in [6, 6.07) is 11.7. The van der Waals surface area contributed by atoms with Crippen molar-refractivity contribution in [2.45, 2.75) is 38.0 Å². The first kappa shape index (κ1) is 20.0. The summed E-state index contributed by atoms with van der Waals surface area (Å²) in [5.74, 6) is -0.558. The van der Waals surface area contributed by atoms with Crippen LogP contribution in [0.4, 0.5) is 9.52 Å². The largest absolute Gasteiger partial charge is 0.314 e. The van der Waals surface area contributed by atoms with Crippen LogP contribution in [-0.4, -0.2) is 20.7 Å². The Morgan fingerprint density at radius 3 is 2.77 bits per heavy atom. The van der Waals surface area contributed by atoms with E-state index in [-0.39, 0.29) is 5.57 Å². The van der Waals surface area contributed by atoms with Crippen LogP contribution in [0.5, 0.6) is 0 Å². The maximum Gasteiger partial charge on any atom is 0.268 e. The molecule has 3 aromatic rings. The van der Waals surface area contributed by atoms with Gasteiger partial charge in [0.2, 0.25) is 5.13 Å². The number of hydrogen-bond donors (Lipinski definition) is 1. The van der Waals surface area contributed by atoms with Crippen molar-refractivity contribution in [3.8, 4) is 11.8 Å². The molecule has 0 spiro atoms. The molecule has 0 saturated heterocycles. The van der Waals surface area contributed by atoms with Crippen LogP contribution >= 0.6 is 11.3 Å². The van der Waals surface area contributed by atoms with Gasteiger partial charge in [-0.25, -0.2) is 4.39 Å². The highest BCUT2D eigenvalue weighted by Crippen LogP contribution is 2.35. The molecule has 1 N–H and O–H groups in total. The molecule has 1 aliphatic carbocycles. The maximum absolute atomic E-state index is 14.2. The molecule has 1 saturated carbocycles. The second-order valence-electron chi connectivity index (χ2n) is 7.16. The quantitative estimate of drug-likeness (QED) is 0.461. The van der Waals surface area contributed by atoms with Crippen LogP contribution in [0.3, 0.4) is 0 Å². The van der Waals surface area contributed by atoms with Crippen LogP contribution in [0, 0.1) is 17.1 Å². The number of rotatable bonds is 5. The Morgan fingerprint density at radius 1 is 1.20 bits per heavy atom. The topological polar surface area (TPSA) is 83.6 Å². The number of nitrogens with zero attached hydrogens (tertiary/aromatic N) is 4. The van der Waals surface area contributed by atoms with Crippen molar-refractivity contribution in [1.82, 2.24) is 14.8 Å². The minimum Gasteiger partial charge on any atom is -0.314 e. The molecular formula is C22H20FN5OS. The zero-order valence-electron chi connectivity index (χ0n) is 16.2. The van der Waals surface area contributed by atoms with Crippen LogP contribution in [0.25, 0.3) is 11.8 Å². The molecule has 6 nitrogen and oxygen atoms in total. The van der Waals surface area contributed by atoms with Gasteiger partial charge in [0.05, 0.1) is 5.69 Å². The highest BCUT2D eigenvalue weighted by Gasteiger charge is 2.21. The molecule has 0 atom stereocenters. The van der Waals surface area contributed by atoms with Crippen molar-refractivity contribution in [2.24, 2.45) is 0 Å². The number of amides is 1. The second kappa shape index (κ2) is 9.01. The van der Waals surface area contributed by atoms with Crippen LogP contribution in [0.2, 0.25) is 0 Å². The Labute approximate surface area is 177 Å². The molecule has 4 rings (SSSR count). The number of anilines is 1. The van der Waals surface area contributed by atoms with Gasteiger partial charge >= 0.3 is 0 Å². The van der Waals surface area contributed by atoms with Gasteiger partial charge in [-0.3, -0.25) is 10.1 Å². The van der Waals surface area contributed by atoms with E-state index in [0.717, 1.165) is 17.8 Å². The predicted octanol–water partition coefficient (Wildman–Crippen LogP) is 5.06. The third-order valence-electron chi connectivity index (χ3n) is 5.17. The second-order valence-corrected chi connectivity index (χ2v) is 8.17. The van der Waals surface area contributed by atoms with Crippen molar-refractivity contribution in [2.75, 3.05) is 5.32 Å². The zero-order chi connectivity index (χ0) is 20.9. The van der Waals surface area contributed by atoms with Gasteiger partial charge in [0.1, 0.15) is 22.5 Å². The van der Waals surface area contributed by atoms with Crippen LogP contribution in [0.15, 0.2) is 48.2 Å². The van der Waals surface area contributed by atoms with Gasteiger partial charge in [-0.15, -0.1) is 10.2 Å². The van der Waals surface area contributed by atoms with Crippen molar-refractivity contribution in [1.29, 1.82) is 5.26 Å². The smallest absolute Gasteiger partial charge is 0.268 e. The number of para-hydroxylation sites is 1. The van der Waals surface area contributed by atoms with Gasteiger partial charge in [0.25, 0.3) is 5.91 Å². The Bertz CT molecular complexity index is 1120. The molecule has 1 aromatic carbocycles. The lowest BCUT2D eigenvalue weighted by Gasteiger charge is -2.18. The first-order chi connectivity index (χ1) is 14.7. The Balaban J connectivity index is 1.52. The molecule has 0 unspecified atom stereocenters. The highest BCUT2D eigenvalue weighted by molar-refractivity contribution is 7.15. The summed E-state index contributed by atoms with van der Waals surface area (Å²) in [5, 5.41) is 21.8. The number of carbonyl (C=O) groups is 1. The summed E-state index contributed by atoms with van der Waals surface area (Å²) in [6.07, 6.45) is 8.94. The lowest BCUT2D eigenvalue weighted by Crippen LogP contribution is -2.13. The summed E-state index contributed by atoms with van der Waals surface area (Å²) >= 11 is 1.36. The Morgan fingerprint density at radius 2 is 2.00 bits per heavy atom. The molecular weight excluding hydrogens is 401 g/mol. The van der Waals surface area contributed by atoms with Gasteiger partial charge in [-0.2, -0.15) is 5.26 Å².